The van der Waals surface area contributed by atoms with E-state index in [9.17, 15) is 13.2 Å². The van der Waals surface area contributed by atoms with Gasteiger partial charge in [-0.1, -0.05) is 6.42 Å². The molecule has 27 heavy (non-hydrogen) atoms. The van der Waals surface area contributed by atoms with Gasteiger partial charge in [-0.2, -0.15) is 0 Å². The minimum Gasteiger partial charge on any atom is -0.349 e. The summed E-state index contributed by atoms with van der Waals surface area (Å²) < 4.78 is 27.3. The first-order valence-corrected chi connectivity index (χ1v) is 12.0. The highest BCUT2D eigenvalue weighted by Gasteiger charge is 2.42. The van der Waals surface area contributed by atoms with E-state index in [4.69, 9.17) is 0 Å². The summed E-state index contributed by atoms with van der Waals surface area (Å²) in [5.74, 6) is 2.22. The van der Waals surface area contributed by atoms with E-state index in [1.165, 1.54) is 37.4 Å². The molecule has 0 radical (unpaired) electrons. The second-order valence-electron chi connectivity index (χ2n) is 8.20. The summed E-state index contributed by atoms with van der Waals surface area (Å²) in [4.78, 5) is 15.6. The van der Waals surface area contributed by atoms with Gasteiger partial charge in [0.2, 0.25) is 0 Å². The van der Waals surface area contributed by atoms with E-state index in [0.717, 1.165) is 22.4 Å². The largest absolute Gasteiger partial charge is 0.349 e. The number of thioether (sulfide) groups is 1. The van der Waals surface area contributed by atoms with Gasteiger partial charge in [-0.25, -0.2) is 8.42 Å². The molecule has 2 aliphatic heterocycles. The summed E-state index contributed by atoms with van der Waals surface area (Å²) in [6.07, 6.45) is 5.25. The van der Waals surface area contributed by atoms with Crippen LogP contribution in [0.3, 0.4) is 0 Å². The molecule has 1 aromatic carbocycles. The van der Waals surface area contributed by atoms with Gasteiger partial charge in [0.05, 0.1) is 11.4 Å². The Balaban J connectivity index is 1.32. The number of nitrogens with one attached hydrogen (secondary N) is 1. The highest BCUT2D eigenvalue weighted by molar-refractivity contribution is 8.15. The maximum atomic E-state index is 12.8. The first kappa shape index (κ1) is 17.6. The van der Waals surface area contributed by atoms with E-state index in [0.29, 0.717) is 23.2 Å². The van der Waals surface area contributed by atoms with Crippen LogP contribution in [0.2, 0.25) is 0 Å². The van der Waals surface area contributed by atoms with E-state index < -0.39 is 10.0 Å². The number of hydrogen-bond donors (Lipinski definition) is 1. The molecule has 0 spiro atoms. The van der Waals surface area contributed by atoms with Crippen molar-refractivity contribution in [2.75, 3.05) is 17.2 Å². The van der Waals surface area contributed by atoms with Crippen molar-refractivity contribution in [1.29, 1.82) is 0 Å². The van der Waals surface area contributed by atoms with Crippen LogP contribution in [0.1, 0.15) is 43.0 Å². The smallest absolute Gasteiger partial charge is 0.257 e. The van der Waals surface area contributed by atoms with Crippen molar-refractivity contribution in [3.63, 3.8) is 0 Å². The van der Waals surface area contributed by atoms with Gasteiger partial charge in [0.25, 0.3) is 15.9 Å². The van der Waals surface area contributed by atoms with E-state index in [1.54, 1.807) is 0 Å². The molecule has 1 N–H and O–H groups in total. The Bertz CT molecular complexity index is 944. The average molecular weight is 406 g/mol. The molecule has 2 aliphatic carbocycles. The Labute approximate surface area is 163 Å². The number of benzene rings is 1. The van der Waals surface area contributed by atoms with Crippen molar-refractivity contribution in [2.45, 2.75) is 43.5 Å². The molecule has 4 unspecified atom stereocenters. The average Bonchev–Trinajstić information content (AvgIpc) is 3.33. The third-order valence-corrected chi connectivity index (χ3v) is 8.84. The number of rotatable bonds is 3. The van der Waals surface area contributed by atoms with Crippen molar-refractivity contribution in [1.82, 2.24) is 5.32 Å². The van der Waals surface area contributed by atoms with Gasteiger partial charge in [0.15, 0.2) is 5.17 Å². The van der Waals surface area contributed by atoms with Crippen LogP contribution in [0.4, 0.5) is 5.69 Å². The fourth-order valence-electron chi connectivity index (χ4n) is 5.18. The maximum Gasteiger partial charge on any atom is 0.257 e. The number of fused-ring (bicyclic) bond motifs is 5. The molecule has 2 heterocycles. The van der Waals surface area contributed by atoms with Gasteiger partial charge in [-0.05, 0) is 73.9 Å². The minimum atomic E-state index is -3.36. The molecule has 5 rings (SSSR count). The third-order valence-electron chi connectivity index (χ3n) is 6.53. The number of carbonyl (C=O) groups is 1. The molecule has 2 saturated carbocycles. The van der Waals surface area contributed by atoms with Gasteiger partial charge >= 0.3 is 0 Å². The highest BCUT2D eigenvalue weighted by Crippen LogP contribution is 2.49. The standard InChI is InChI=1S/C19H23N3O3S2/c1-11(15-9-12-2-3-13(15)8-12)20-18(23)14-4-5-16-17(10-14)26-19-21-27(24,25)7-6-22(16)19/h4-5,10-13,15H,2-3,6-9H2,1H3,(H,20,23). The van der Waals surface area contributed by atoms with Crippen LogP contribution in [-0.2, 0) is 10.0 Å². The summed E-state index contributed by atoms with van der Waals surface area (Å²) in [5, 5.41) is 3.69. The normalized spacial score (nSPS) is 31.2. The Kier molecular flexibility index (Phi) is 4.05. The molecule has 2 bridgehead atoms. The fraction of sp³-hybridized carbons (Fsp3) is 0.579. The monoisotopic (exact) mass is 405 g/mol. The predicted octanol–water partition coefficient (Wildman–Crippen LogP) is 2.85. The molecular weight excluding hydrogens is 382 g/mol. The summed E-state index contributed by atoms with van der Waals surface area (Å²) in [6.45, 7) is 2.54. The summed E-state index contributed by atoms with van der Waals surface area (Å²) in [7, 11) is -3.36. The van der Waals surface area contributed by atoms with Crippen molar-refractivity contribution in [3.8, 4) is 0 Å². The van der Waals surface area contributed by atoms with Crippen LogP contribution in [-0.4, -0.2) is 37.8 Å². The molecule has 0 aromatic heterocycles. The number of hydrogen-bond acceptors (Lipinski definition) is 5. The lowest BCUT2D eigenvalue weighted by atomic mass is 9.84. The molecule has 144 valence electrons. The number of carbonyl (C=O) groups excluding carboxylic acids is 1. The highest BCUT2D eigenvalue weighted by atomic mass is 32.2. The molecular formula is C19H23N3O3S2. The van der Waals surface area contributed by atoms with Crippen molar-refractivity contribution in [3.05, 3.63) is 23.8 Å². The lowest BCUT2D eigenvalue weighted by Crippen LogP contribution is -2.40. The van der Waals surface area contributed by atoms with E-state index in [1.807, 2.05) is 23.1 Å². The van der Waals surface area contributed by atoms with Gasteiger partial charge < -0.3 is 10.2 Å². The molecule has 1 amide bonds. The summed E-state index contributed by atoms with van der Waals surface area (Å²) in [6, 6.07) is 5.78. The predicted molar refractivity (Wildman–Crippen MR) is 107 cm³/mol. The van der Waals surface area contributed by atoms with E-state index >= 15 is 0 Å². The zero-order chi connectivity index (χ0) is 18.8. The zero-order valence-electron chi connectivity index (χ0n) is 15.2. The third kappa shape index (κ3) is 3.06. The van der Waals surface area contributed by atoms with Crippen LogP contribution in [0, 0.1) is 17.8 Å². The summed E-state index contributed by atoms with van der Waals surface area (Å²) in [5.41, 5.74) is 1.56. The number of anilines is 1. The topological polar surface area (TPSA) is 78.8 Å². The van der Waals surface area contributed by atoms with Crippen molar-refractivity contribution >= 4 is 38.5 Å². The van der Waals surface area contributed by atoms with Crippen LogP contribution in [0.25, 0.3) is 0 Å². The summed E-state index contributed by atoms with van der Waals surface area (Å²) >= 11 is 1.32. The van der Waals surface area contributed by atoms with Crippen molar-refractivity contribution in [2.24, 2.45) is 22.2 Å². The second kappa shape index (κ2) is 6.24. The Hall–Kier alpha value is -1.54. The molecule has 4 atom stereocenters. The quantitative estimate of drug-likeness (QED) is 0.837. The van der Waals surface area contributed by atoms with E-state index in [-0.39, 0.29) is 17.7 Å². The van der Waals surface area contributed by atoms with Gasteiger partial charge in [-0.3, -0.25) is 4.79 Å². The van der Waals surface area contributed by atoms with Gasteiger partial charge in [0.1, 0.15) is 0 Å². The minimum absolute atomic E-state index is 0.0276. The van der Waals surface area contributed by atoms with Gasteiger partial charge in [-0.15, -0.1) is 4.40 Å². The lowest BCUT2D eigenvalue weighted by molar-refractivity contribution is 0.0915. The SMILES string of the molecule is CC(NC(=O)c1ccc2c(c1)SC1=NS(=O)(=O)CCN12)C1CC2CCC1C2. The Morgan fingerprint density at radius 3 is 2.93 bits per heavy atom. The molecule has 6 nitrogen and oxygen atoms in total. The van der Waals surface area contributed by atoms with Gasteiger partial charge in [0, 0.05) is 23.0 Å². The van der Waals surface area contributed by atoms with Crippen molar-refractivity contribution < 1.29 is 13.2 Å². The molecule has 0 saturated heterocycles. The number of sulfonamides is 1. The van der Waals surface area contributed by atoms with Crippen LogP contribution in [0.5, 0.6) is 0 Å². The molecule has 1 aromatic rings. The van der Waals surface area contributed by atoms with Crippen LogP contribution in [0.15, 0.2) is 27.5 Å². The zero-order valence-corrected chi connectivity index (χ0v) is 16.9. The first-order valence-electron chi connectivity index (χ1n) is 9.62. The maximum absolute atomic E-state index is 12.8. The molecule has 2 fully saturated rings. The fourth-order valence-corrected chi connectivity index (χ4v) is 7.47. The Morgan fingerprint density at radius 2 is 2.19 bits per heavy atom. The lowest BCUT2D eigenvalue weighted by Gasteiger charge is -2.28. The molecule has 8 heteroatoms. The number of nitrogens with zero attached hydrogens (tertiary/aromatic N) is 2. The second-order valence-corrected chi connectivity index (χ2v) is 11.0. The first-order chi connectivity index (χ1) is 12.9. The Morgan fingerprint density at radius 1 is 1.33 bits per heavy atom. The van der Waals surface area contributed by atoms with E-state index in [2.05, 4.69) is 16.6 Å². The number of amides is 1. The molecule has 4 aliphatic rings. The van der Waals surface area contributed by atoms with Crippen LogP contribution < -0.4 is 10.2 Å². The number of amidine groups is 1. The van der Waals surface area contributed by atoms with Crippen LogP contribution >= 0.6 is 11.8 Å².